The third kappa shape index (κ3) is 7.78. The van der Waals surface area contributed by atoms with Gasteiger partial charge in [-0.25, -0.2) is 4.79 Å². The molecule has 0 aliphatic heterocycles. The summed E-state index contributed by atoms with van der Waals surface area (Å²) >= 11 is 0. The molecule has 6 heteroatoms. The fraction of sp³-hybridized carbons (Fsp3) is 0.938. The largest absolute Gasteiger partial charge is 0.503 e. The molecule has 1 amide bonds. The van der Waals surface area contributed by atoms with Gasteiger partial charge in [0, 0.05) is 20.2 Å². The quantitative estimate of drug-likeness (QED) is 0.489. The fourth-order valence-electron chi connectivity index (χ4n) is 2.51. The van der Waals surface area contributed by atoms with E-state index in [9.17, 15) is 4.79 Å². The lowest BCUT2D eigenvalue weighted by Gasteiger charge is -2.30. The smallest absolute Gasteiger partial charge is 0.395 e. The van der Waals surface area contributed by atoms with Gasteiger partial charge in [-0.1, -0.05) is 27.7 Å². The molecular formula is C16H37NO3Si2. The van der Waals surface area contributed by atoms with E-state index in [0.29, 0.717) is 0 Å². The van der Waals surface area contributed by atoms with Crippen LogP contribution in [0.1, 0.15) is 40.5 Å². The first-order chi connectivity index (χ1) is 10.3. The molecular weight excluding hydrogens is 310 g/mol. The Morgan fingerprint density at radius 2 is 1.59 bits per heavy atom. The summed E-state index contributed by atoms with van der Waals surface area (Å²) in [4.78, 5) is 14.0. The monoisotopic (exact) mass is 347 g/mol. The Labute approximate surface area is 139 Å². The molecule has 0 heterocycles. The van der Waals surface area contributed by atoms with Crippen molar-refractivity contribution in [1.82, 2.24) is 4.90 Å². The first kappa shape index (κ1) is 21.7. The van der Waals surface area contributed by atoms with Crippen LogP contribution in [0, 0.1) is 0 Å². The number of carbonyl (C=O) groups excluding carboxylic acids is 1. The first-order valence-electron chi connectivity index (χ1n) is 8.83. The predicted molar refractivity (Wildman–Crippen MR) is 99.5 cm³/mol. The zero-order valence-electron chi connectivity index (χ0n) is 15.8. The normalized spacial score (nSPS) is 12.3. The van der Waals surface area contributed by atoms with Gasteiger partial charge < -0.3 is 13.8 Å². The number of nitrogens with zero attached hydrogens (tertiary/aromatic N) is 1. The van der Waals surface area contributed by atoms with Crippen molar-refractivity contribution in [2.75, 3.05) is 20.2 Å². The molecule has 132 valence electrons. The molecule has 0 fully saturated rings. The number of rotatable bonds is 11. The standard InChI is InChI=1S/C16H37NO3Si2/c1-8-14-19-21(6,7)15-12-13-17(5)16(18)20-22(9-2,10-3)11-4/h8-15H2,1-7H3. The topological polar surface area (TPSA) is 38.8 Å². The molecule has 0 atom stereocenters. The van der Waals surface area contributed by atoms with E-state index in [0.717, 1.165) is 50.2 Å². The zero-order valence-corrected chi connectivity index (χ0v) is 17.8. The second-order valence-electron chi connectivity index (χ2n) is 6.74. The van der Waals surface area contributed by atoms with Crippen LogP contribution in [-0.4, -0.2) is 47.8 Å². The average molecular weight is 348 g/mol. The van der Waals surface area contributed by atoms with Crippen molar-refractivity contribution in [3.05, 3.63) is 0 Å². The van der Waals surface area contributed by atoms with Crippen molar-refractivity contribution in [1.29, 1.82) is 0 Å². The van der Waals surface area contributed by atoms with Crippen LogP contribution < -0.4 is 0 Å². The summed E-state index contributed by atoms with van der Waals surface area (Å²) in [5, 5.41) is 0. The second kappa shape index (κ2) is 10.4. The summed E-state index contributed by atoms with van der Waals surface area (Å²) in [5.74, 6) is 0. The zero-order chi connectivity index (χ0) is 17.2. The van der Waals surface area contributed by atoms with Crippen molar-refractivity contribution in [2.45, 2.75) is 77.8 Å². The van der Waals surface area contributed by atoms with Crippen LogP contribution in [0.3, 0.4) is 0 Å². The number of carbonyl (C=O) groups is 1. The molecule has 0 aliphatic carbocycles. The lowest BCUT2D eigenvalue weighted by Crippen LogP contribution is -2.43. The van der Waals surface area contributed by atoms with Crippen molar-refractivity contribution in [2.24, 2.45) is 0 Å². The highest BCUT2D eigenvalue weighted by Gasteiger charge is 2.33. The van der Waals surface area contributed by atoms with Gasteiger partial charge in [-0.2, -0.15) is 0 Å². The molecule has 0 saturated carbocycles. The number of hydrogen-bond donors (Lipinski definition) is 0. The highest BCUT2D eigenvalue weighted by molar-refractivity contribution is 6.74. The Kier molecular flexibility index (Phi) is 10.3. The fourth-order valence-corrected chi connectivity index (χ4v) is 6.88. The van der Waals surface area contributed by atoms with E-state index < -0.39 is 16.6 Å². The summed E-state index contributed by atoms with van der Waals surface area (Å²) in [6, 6.07) is 4.10. The Balaban J connectivity index is 4.26. The van der Waals surface area contributed by atoms with Gasteiger partial charge in [-0.3, -0.25) is 0 Å². The maximum absolute atomic E-state index is 12.3. The SMILES string of the molecule is CCCO[Si](C)(C)CCCN(C)C(=O)O[Si](CC)(CC)CC. The molecule has 22 heavy (non-hydrogen) atoms. The summed E-state index contributed by atoms with van der Waals surface area (Å²) in [7, 11) is -1.56. The van der Waals surface area contributed by atoms with Gasteiger partial charge in [0.25, 0.3) is 8.32 Å². The highest BCUT2D eigenvalue weighted by atomic mass is 28.4. The maximum atomic E-state index is 12.3. The molecule has 4 nitrogen and oxygen atoms in total. The lowest BCUT2D eigenvalue weighted by atomic mass is 10.4. The van der Waals surface area contributed by atoms with Crippen molar-refractivity contribution in [3.63, 3.8) is 0 Å². The summed E-state index contributed by atoms with van der Waals surface area (Å²) in [5.41, 5.74) is 0. The maximum Gasteiger partial charge on any atom is 0.395 e. The molecule has 0 aliphatic rings. The van der Waals surface area contributed by atoms with E-state index in [1.54, 1.807) is 4.90 Å². The van der Waals surface area contributed by atoms with Crippen molar-refractivity contribution < 1.29 is 13.6 Å². The summed E-state index contributed by atoms with van der Waals surface area (Å²) in [6.45, 7) is 14.7. The molecule has 0 unspecified atom stereocenters. The van der Waals surface area contributed by atoms with Gasteiger partial charge in [0.2, 0.25) is 0 Å². The van der Waals surface area contributed by atoms with Crippen LogP contribution in [0.25, 0.3) is 0 Å². The van der Waals surface area contributed by atoms with Gasteiger partial charge in [-0.05, 0) is 50.1 Å². The van der Waals surface area contributed by atoms with Gasteiger partial charge in [-0.15, -0.1) is 0 Å². The van der Waals surface area contributed by atoms with E-state index in [2.05, 4.69) is 40.8 Å². The molecule has 0 rings (SSSR count). The Hall–Kier alpha value is -0.336. The second-order valence-corrected chi connectivity index (χ2v) is 15.7. The minimum atomic E-state index is -1.84. The van der Waals surface area contributed by atoms with Gasteiger partial charge in [0.1, 0.15) is 0 Å². The third-order valence-corrected chi connectivity index (χ3v) is 11.5. The summed E-state index contributed by atoms with van der Waals surface area (Å²) in [6.07, 6.45) is 1.93. The number of amides is 1. The van der Waals surface area contributed by atoms with E-state index in [-0.39, 0.29) is 6.09 Å². The Morgan fingerprint density at radius 1 is 1.05 bits per heavy atom. The first-order valence-corrected chi connectivity index (χ1v) is 14.5. The summed E-state index contributed by atoms with van der Waals surface area (Å²) < 4.78 is 11.9. The third-order valence-electron chi connectivity index (χ3n) is 4.52. The predicted octanol–water partition coefficient (Wildman–Crippen LogP) is 5.08. The van der Waals surface area contributed by atoms with Crippen LogP contribution in [-0.2, 0) is 8.85 Å². The Bertz CT molecular complexity index is 312. The highest BCUT2D eigenvalue weighted by Crippen LogP contribution is 2.22. The van der Waals surface area contributed by atoms with Gasteiger partial charge in [0.05, 0.1) is 0 Å². The molecule has 0 radical (unpaired) electrons. The molecule has 0 N–H and O–H groups in total. The molecule has 0 saturated heterocycles. The average Bonchev–Trinajstić information content (AvgIpc) is 2.50. The lowest BCUT2D eigenvalue weighted by molar-refractivity contribution is 0.159. The molecule has 0 aromatic heterocycles. The molecule has 0 aromatic rings. The number of hydrogen-bond acceptors (Lipinski definition) is 3. The molecule has 0 bridgehead atoms. The van der Waals surface area contributed by atoms with E-state index in [1.165, 1.54) is 0 Å². The van der Waals surface area contributed by atoms with Crippen LogP contribution in [0.2, 0.25) is 37.3 Å². The van der Waals surface area contributed by atoms with Crippen molar-refractivity contribution in [3.8, 4) is 0 Å². The van der Waals surface area contributed by atoms with Crippen LogP contribution in [0.5, 0.6) is 0 Å². The van der Waals surface area contributed by atoms with Crippen LogP contribution >= 0.6 is 0 Å². The minimum Gasteiger partial charge on any atom is -0.503 e. The minimum absolute atomic E-state index is 0.133. The van der Waals surface area contributed by atoms with Gasteiger partial charge in [0.15, 0.2) is 8.32 Å². The van der Waals surface area contributed by atoms with Crippen LogP contribution in [0.4, 0.5) is 4.79 Å². The van der Waals surface area contributed by atoms with Crippen LogP contribution in [0.15, 0.2) is 0 Å². The van der Waals surface area contributed by atoms with Gasteiger partial charge >= 0.3 is 6.09 Å². The van der Waals surface area contributed by atoms with E-state index in [1.807, 2.05) is 7.05 Å². The van der Waals surface area contributed by atoms with E-state index >= 15 is 0 Å². The Morgan fingerprint density at radius 3 is 2.05 bits per heavy atom. The van der Waals surface area contributed by atoms with Crippen molar-refractivity contribution >= 4 is 22.7 Å². The molecule has 0 aromatic carbocycles. The molecule has 0 spiro atoms. The van der Waals surface area contributed by atoms with E-state index in [4.69, 9.17) is 8.85 Å².